The quantitative estimate of drug-likeness (QED) is 0.424. The van der Waals surface area contributed by atoms with Gasteiger partial charge in [-0.2, -0.15) is 9.97 Å². The van der Waals surface area contributed by atoms with Crippen LogP contribution in [0.2, 0.25) is 5.02 Å². The molecule has 0 spiro atoms. The second-order valence-electron chi connectivity index (χ2n) is 7.80. The van der Waals surface area contributed by atoms with Crippen LogP contribution in [-0.2, 0) is 0 Å². The Balaban J connectivity index is 1.99. The molecule has 3 rings (SSSR count). The minimum Gasteiger partial charge on any atom is -0.478 e. The average molecular weight is 435 g/mol. The molecule has 1 aliphatic heterocycles. The summed E-state index contributed by atoms with van der Waals surface area (Å²) >= 11 is 6.11. The number of halogens is 1. The fraction of sp³-hybridized carbons (Fsp3) is 0.450. The fourth-order valence-corrected chi connectivity index (χ4v) is 3.39. The lowest BCUT2D eigenvalue weighted by atomic mass is 10.1. The molecule has 0 saturated carbocycles. The smallest absolute Gasteiger partial charge is 0.337 e. The normalized spacial score (nSPS) is 13.9. The van der Waals surface area contributed by atoms with Crippen molar-refractivity contribution in [1.29, 1.82) is 0 Å². The molecule has 1 aliphatic rings. The zero-order chi connectivity index (χ0) is 22.0. The van der Waals surface area contributed by atoms with Gasteiger partial charge in [0.15, 0.2) is 11.6 Å². The Morgan fingerprint density at radius 1 is 1.30 bits per heavy atom. The predicted octanol–water partition coefficient (Wildman–Crippen LogP) is 3.60. The molecule has 0 fully saturated rings. The molecule has 0 bridgehead atoms. The maximum Gasteiger partial charge on any atom is 0.337 e. The number of rotatable bonds is 8. The first-order valence-electron chi connectivity index (χ1n) is 9.81. The average Bonchev–Trinajstić information content (AvgIpc) is 3.10. The maximum atomic E-state index is 11.2. The molecular formula is C20H27ClN6O3. The van der Waals surface area contributed by atoms with Crippen LogP contribution in [-0.4, -0.2) is 51.5 Å². The van der Waals surface area contributed by atoms with E-state index in [2.05, 4.69) is 44.7 Å². The van der Waals surface area contributed by atoms with Crippen molar-refractivity contribution in [3.63, 3.8) is 0 Å². The number of carbonyl (C=O) groups is 1. The third kappa shape index (κ3) is 4.52. The molecule has 2 aromatic rings. The summed E-state index contributed by atoms with van der Waals surface area (Å²) in [6.07, 6.45) is 0. The highest BCUT2D eigenvalue weighted by molar-refractivity contribution is 6.33. The second kappa shape index (κ2) is 8.93. The van der Waals surface area contributed by atoms with Gasteiger partial charge in [0.05, 0.1) is 29.9 Å². The molecule has 30 heavy (non-hydrogen) atoms. The topological polar surface area (TPSA) is 123 Å². The van der Waals surface area contributed by atoms with Crippen LogP contribution >= 0.6 is 11.6 Å². The van der Waals surface area contributed by atoms with Crippen molar-refractivity contribution in [3.05, 3.63) is 28.8 Å². The van der Waals surface area contributed by atoms with Crippen LogP contribution in [0.15, 0.2) is 18.2 Å². The minimum atomic E-state index is -1.08. The molecule has 9 nitrogen and oxygen atoms in total. The number of nitrogens with zero attached hydrogens (tertiary/aromatic N) is 3. The van der Waals surface area contributed by atoms with Gasteiger partial charge in [0.25, 0.3) is 0 Å². The lowest BCUT2D eigenvalue weighted by molar-refractivity contribution is 0.0697. The van der Waals surface area contributed by atoms with Crippen molar-refractivity contribution in [2.24, 2.45) is 5.92 Å². The van der Waals surface area contributed by atoms with E-state index in [0.29, 0.717) is 24.1 Å². The van der Waals surface area contributed by atoms with Gasteiger partial charge in [-0.15, -0.1) is 0 Å². The first-order valence-corrected chi connectivity index (χ1v) is 10.2. The molecule has 0 saturated heterocycles. The summed E-state index contributed by atoms with van der Waals surface area (Å²) in [7, 11) is 0. The third-order valence-electron chi connectivity index (χ3n) is 4.99. The molecular weight excluding hydrogens is 408 g/mol. The van der Waals surface area contributed by atoms with E-state index in [1.165, 1.54) is 6.07 Å². The molecule has 5 N–H and O–H groups in total. The van der Waals surface area contributed by atoms with E-state index in [9.17, 15) is 15.0 Å². The Hall–Kier alpha value is -2.78. The molecule has 162 valence electrons. The fourth-order valence-electron chi connectivity index (χ4n) is 3.13. The van der Waals surface area contributed by atoms with Gasteiger partial charge in [-0.3, -0.25) is 0 Å². The van der Waals surface area contributed by atoms with Gasteiger partial charge in [-0.25, -0.2) is 4.79 Å². The Labute approximate surface area is 180 Å². The number of aromatic carboxylic acids is 1. The van der Waals surface area contributed by atoms with Crippen LogP contribution in [0.5, 0.6) is 0 Å². The Morgan fingerprint density at radius 3 is 2.60 bits per heavy atom. The SMILES string of the molecule is CC(C)[C@H](CO)Nc1nc(Nc2ccc(C(=O)O)c(Cl)c2)c2c(n1)N(C(C)C)CN2. The standard InChI is InChI=1S/C20H27ClN6O3/c1-10(2)15(8-28)24-20-25-17(16-18(26-20)27(9-22-16)11(3)4)23-12-5-6-13(19(29)30)14(21)7-12/h5-7,10-11,15,22,28H,8-9H2,1-4H3,(H,29,30)(H2,23,24,25,26)/t15-/m0/s1. The number of aromatic nitrogens is 2. The van der Waals surface area contributed by atoms with E-state index >= 15 is 0 Å². The molecule has 10 heteroatoms. The molecule has 0 aliphatic carbocycles. The van der Waals surface area contributed by atoms with Crippen molar-refractivity contribution in [2.45, 2.75) is 39.8 Å². The van der Waals surface area contributed by atoms with Crippen molar-refractivity contribution >= 4 is 46.5 Å². The summed E-state index contributed by atoms with van der Waals surface area (Å²) < 4.78 is 0. The molecule has 0 radical (unpaired) electrons. The number of benzene rings is 1. The lowest BCUT2D eigenvalue weighted by Gasteiger charge is -2.24. The molecule has 0 unspecified atom stereocenters. The summed E-state index contributed by atoms with van der Waals surface area (Å²) in [5.41, 5.74) is 1.38. The van der Waals surface area contributed by atoms with Gasteiger partial charge in [-0.05, 0) is 38.0 Å². The number of aliphatic hydroxyl groups excluding tert-OH is 1. The number of aliphatic hydroxyl groups is 1. The molecule has 1 aromatic carbocycles. The lowest BCUT2D eigenvalue weighted by Crippen LogP contribution is -2.32. The van der Waals surface area contributed by atoms with Crippen molar-refractivity contribution in [1.82, 2.24) is 9.97 Å². The summed E-state index contributed by atoms with van der Waals surface area (Å²) in [6.45, 7) is 8.72. The van der Waals surface area contributed by atoms with E-state index in [1.807, 2.05) is 13.8 Å². The first-order chi connectivity index (χ1) is 14.2. The molecule has 0 amide bonds. The monoisotopic (exact) mass is 434 g/mol. The number of carboxylic acids is 1. The van der Waals surface area contributed by atoms with Crippen LogP contribution in [0.4, 0.5) is 29.0 Å². The van der Waals surface area contributed by atoms with E-state index in [4.69, 9.17) is 11.6 Å². The summed E-state index contributed by atoms with van der Waals surface area (Å²) in [4.78, 5) is 22.6. The van der Waals surface area contributed by atoms with Gasteiger partial charge >= 0.3 is 5.97 Å². The van der Waals surface area contributed by atoms with Gasteiger partial charge < -0.3 is 31.1 Å². The largest absolute Gasteiger partial charge is 0.478 e. The zero-order valence-corrected chi connectivity index (χ0v) is 18.2. The number of fused-ring (bicyclic) bond motifs is 1. The van der Waals surface area contributed by atoms with Crippen LogP contribution in [0.1, 0.15) is 38.1 Å². The van der Waals surface area contributed by atoms with Crippen LogP contribution in [0.3, 0.4) is 0 Å². The van der Waals surface area contributed by atoms with Crippen molar-refractivity contribution in [3.8, 4) is 0 Å². The maximum absolute atomic E-state index is 11.2. The Kier molecular flexibility index (Phi) is 6.52. The van der Waals surface area contributed by atoms with E-state index in [0.717, 1.165) is 11.5 Å². The van der Waals surface area contributed by atoms with Crippen LogP contribution in [0, 0.1) is 5.92 Å². The zero-order valence-electron chi connectivity index (χ0n) is 17.4. The third-order valence-corrected chi connectivity index (χ3v) is 5.30. The molecule has 1 aromatic heterocycles. The highest BCUT2D eigenvalue weighted by Crippen LogP contribution is 2.38. The second-order valence-corrected chi connectivity index (χ2v) is 8.20. The van der Waals surface area contributed by atoms with Gasteiger partial charge in [0.2, 0.25) is 5.95 Å². The number of hydrogen-bond acceptors (Lipinski definition) is 8. The number of anilines is 5. The number of hydrogen-bond donors (Lipinski definition) is 5. The van der Waals surface area contributed by atoms with Crippen LogP contribution in [0.25, 0.3) is 0 Å². The summed E-state index contributed by atoms with van der Waals surface area (Å²) in [5, 5.41) is 28.7. The predicted molar refractivity (Wildman–Crippen MR) is 119 cm³/mol. The van der Waals surface area contributed by atoms with E-state index in [1.54, 1.807) is 12.1 Å². The number of nitrogens with one attached hydrogen (secondary N) is 3. The highest BCUT2D eigenvalue weighted by atomic mass is 35.5. The van der Waals surface area contributed by atoms with Gasteiger partial charge in [-0.1, -0.05) is 25.4 Å². The van der Waals surface area contributed by atoms with E-state index < -0.39 is 5.97 Å². The molecule has 2 heterocycles. The van der Waals surface area contributed by atoms with Crippen molar-refractivity contribution in [2.75, 3.05) is 34.1 Å². The van der Waals surface area contributed by atoms with Gasteiger partial charge in [0, 0.05) is 11.7 Å². The summed E-state index contributed by atoms with van der Waals surface area (Å²) in [5.74, 6) is 0.777. The Morgan fingerprint density at radius 2 is 2.03 bits per heavy atom. The minimum absolute atomic E-state index is 0.0318. The number of carboxylic acid groups (broad SMARTS) is 1. The first kappa shape index (κ1) is 21.9. The van der Waals surface area contributed by atoms with Crippen LogP contribution < -0.4 is 20.9 Å². The van der Waals surface area contributed by atoms with Gasteiger partial charge in [0.1, 0.15) is 5.69 Å². The highest BCUT2D eigenvalue weighted by Gasteiger charge is 2.28. The Bertz CT molecular complexity index is 937. The van der Waals surface area contributed by atoms with E-state index in [-0.39, 0.29) is 35.2 Å². The summed E-state index contributed by atoms with van der Waals surface area (Å²) in [6, 6.07) is 4.66. The molecule has 1 atom stereocenters. The van der Waals surface area contributed by atoms with Crippen molar-refractivity contribution < 1.29 is 15.0 Å².